The van der Waals surface area contributed by atoms with Crippen molar-refractivity contribution in [1.82, 2.24) is 15.4 Å². The molecule has 2 rings (SSSR count). The summed E-state index contributed by atoms with van der Waals surface area (Å²) >= 11 is 5.56. The maximum Gasteiger partial charge on any atom is 0.331 e. The number of nitrogens with one attached hydrogen (secondary N) is 2. The Balaban J connectivity index is 2.13. The first-order chi connectivity index (χ1) is 9.58. The maximum absolute atomic E-state index is 11.8. The van der Waals surface area contributed by atoms with E-state index in [4.69, 9.17) is 11.6 Å². The van der Waals surface area contributed by atoms with Gasteiger partial charge in [0.15, 0.2) is 0 Å². The number of nitrogens with zero attached hydrogens (tertiary/aromatic N) is 3. The van der Waals surface area contributed by atoms with Crippen molar-refractivity contribution in [2.24, 2.45) is 0 Å². The van der Waals surface area contributed by atoms with Gasteiger partial charge in [-0.3, -0.25) is 25.8 Å². The number of anilines is 1. The molecule has 0 saturated carbocycles. The number of halogens is 1. The molecule has 1 amide bonds. The lowest BCUT2D eigenvalue weighted by molar-refractivity contribution is -0.384. The second-order valence-corrected chi connectivity index (χ2v) is 3.91. The molecule has 8 nitrogen and oxygen atoms in total. The van der Waals surface area contributed by atoms with Crippen molar-refractivity contribution in [2.45, 2.75) is 0 Å². The van der Waals surface area contributed by atoms with Crippen LogP contribution >= 0.6 is 11.6 Å². The van der Waals surface area contributed by atoms with E-state index in [9.17, 15) is 14.9 Å². The zero-order valence-corrected chi connectivity index (χ0v) is 10.7. The average molecular weight is 294 g/mol. The molecule has 1 heterocycles. The first-order valence-electron chi connectivity index (χ1n) is 5.36. The van der Waals surface area contributed by atoms with Gasteiger partial charge in [0.2, 0.25) is 11.1 Å². The number of hydrogen-bond acceptors (Lipinski definition) is 6. The molecule has 0 saturated heterocycles. The second-order valence-electron chi connectivity index (χ2n) is 3.58. The van der Waals surface area contributed by atoms with Crippen LogP contribution in [0.1, 0.15) is 10.4 Å². The number of aromatic nitrogens is 2. The fourth-order valence-corrected chi connectivity index (χ4v) is 1.49. The van der Waals surface area contributed by atoms with Crippen LogP contribution in [0.25, 0.3) is 0 Å². The number of hydrogen-bond donors (Lipinski definition) is 2. The number of rotatable bonds is 4. The Kier molecular flexibility index (Phi) is 4.06. The van der Waals surface area contributed by atoms with Crippen LogP contribution in [0.15, 0.2) is 36.5 Å². The number of carbonyl (C=O) groups is 1. The van der Waals surface area contributed by atoms with E-state index in [0.29, 0.717) is 5.56 Å². The standard InChI is InChI=1S/C11H8ClN5O3/c12-11-13-6-8(17(19)20)9(14-11)15-16-10(18)7-4-2-1-3-5-7/h1-6H,(H,16,18)(H,13,14,15). The number of amides is 1. The molecule has 20 heavy (non-hydrogen) atoms. The predicted molar refractivity (Wildman–Crippen MR) is 71.2 cm³/mol. The molecule has 9 heteroatoms. The van der Waals surface area contributed by atoms with Crippen molar-refractivity contribution in [3.05, 3.63) is 57.5 Å². The zero-order chi connectivity index (χ0) is 14.5. The minimum absolute atomic E-state index is 0.174. The second kappa shape index (κ2) is 5.93. The van der Waals surface area contributed by atoms with Gasteiger partial charge in [0.25, 0.3) is 5.91 Å². The monoisotopic (exact) mass is 293 g/mol. The third-order valence-corrected chi connectivity index (χ3v) is 2.45. The molecule has 2 aromatic rings. The van der Waals surface area contributed by atoms with Crippen LogP contribution in [0.5, 0.6) is 0 Å². The van der Waals surface area contributed by atoms with E-state index in [1.165, 1.54) is 0 Å². The van der Waals surface area contributed by atoms with E-state index in [2.05, 4.69) is 20.8 Å². The van der Waals surface area contributed by atoms with Crippen molar-refractivity contribution >= 4 is 29.0 Å². The number of carbonyl (C=O) groups excluding carboxylic acids is 1. The summed E-state index contributed by atoms with van der Waals surface area (Å²) in [6.45, 7) is 0. The number of benzene rings is 1. The van der Waals surface area contributed by atoms with Gasteiger partial charge in [-0.05, 0) is 23.7 Å². The van der Waals surface area contributed by atoms with Crippen molar-refractivity contribution in [3.63, 3.8) is 0 Å². The summed E-state index contributed by atoms with van der Waals surface area (Å²) in [4.78, 5) is 29.0. The lowest BCUT2D eigenvalue weighted by Gasteiger charge is -2.07. The molecular weight excluding hydrogens is 286 g/mol. The highest BCUT2D eigenvalue weighted by molar-refractivity contribution is 6.28. The first kappa shape index (κ1) is 13.7. The smallest absolute Gasteiger partial charge is 0.276 e. The van der Waals surface area contributed by atoms with Crippen LogP contribution in [0.4, 0.5) is 11.5 Å². The summed E-state index contributed by atoms with van der Waals surface area (Å²) < 4.78 is 0. The molecule has 102 valence electrons. The van der Waals surface area contributed by atoms with Crippen molar-refractivity contribution in [3.8, 4) is 0 Å². The van der Waals surface area contributed by atoms with Gasteiger partial charge in [-0.1, -0.05) is 18.2 Å². The third kappa shape index (κ3) is 3.18. The number of hydrazine groups is 1. The van der Waals surface area contributed by atoms with Crippen LogP contribution in [0.2, 0.25) is 5.28 Å². The first-order valence-corrected chi connectivity index (χ1v) is 5.74. The molecule has 0 atom stereocenters. The van der Waals surface area contributed by atoms with E-state index in [1.807, 2.05) is 0 Å². The predicted octanol–water partition coefficient (Wildman–Crippen LogP) is 1.80. The Labute approximate surface area is 117 Å². The summed E-state index contributed by atoms with van der Waals surface area (Å²) in [7, 11) is 0. The van der Waals surface area contributed by atoms with Gasteiger partial charge in [-0.25, -0.2) is 4.98 Å². The third-order valence-electron chi connectivity index (χ3n) is 2.27. The van der Waals surface area contributed by atoms with Gasteiger partial charge in [0.05, 0.1) is 4.92 Å². The van der Waals surface area contributed by atoms with E-state index >= 15 is 0 Å². The molecule has 0 unspecified atom stereocenters. The molecule has 0 bridgehead atoms. The molecule has 0 aliphatic rings. The minimum Gasteiger partial charge on any atom is -0.276 e. The fourth-order valence-electron chi connectivity index (χ4n) is 1.36. The highest BCUT2D eigenvalue weighted by atomic mass is 35.5. The number of nitro groups is 1. The van der Waals surface area contributed by atoms with E-state index in [0.717, 1.165) is 6.20 Å². The van der Waals surface area contributed by atoms with Gasteiger partial charge in [0.1, 0.15) is 6.20 Å². The molecule has 0 aliphatic heterocycles. The van der Waals surface area contributed by atoms with Crippen LogP contribution < -0.4 is 10.9 Å². The van der Waals surface area contributed by atoms with Crippen LogP contribution in [-0.2, 0) is 0 Å². The van der Waals surface area contributed by atoms with Crippen molar-refractivity contribution < 1.29 is 9.72 Å². The Bertz CT molecular complexity index is 650. The highest BCUT2D eigenvalue weighted by Crippen LogP contribution is 2.21. The fraction of sp³-hybridized carbons (Fsp3) is 0. The molecule has 0 aliphatic carbocycles. The molecule has 1 aromatic heterocycles. The topological polar surface area (TPSA) is 110 Å². The quantitative estimate of drug-likeness (QED) is 0.505. The zero-order valence-electron chi connectivity index (χ0n) is 9.91. The van der Waals surface area contributed by atoms with E-state index < -0.39 is 16.5 Å². The van der Waals surface area contributed by atoms with Gasteiger partial charge in [0, 0.05) is 5.56 Å². The Morgan fingerprint density at radius 2 is 2.00 bits per heavy atom. The summed E-state index contributed by atoms with van der Waals surface area (Å²) in [5.41, 5.74) is 4.64. The lowest BCUT2D eigenvalue weighted by Crippen LogP contribution is -2.30. The molecule has 1 aromatic carbocycles. The average Bonchev–Trinajstić information content (AvgIpc) is 2.45. The molecule has 0 spiro atoms. The largest absolute Gasteiger partial charge is 0.331 e. The summed E-state index contributed by atoms with van der Waals surface area (Å²) in [5, 5.41) is 10.6. The lowest BCUT2D eigenvalue weighted by atomic mass is 10.2. The molecule has 0 fully saturated rings. The normalized spacial score (nSPS) is 9.85. The molecule has 2 N–H and O–H groups in total. The van der Waals surface area contributed by atoms with E-state index in [-0.39, 0.29) is 11.1 Å². The molecule has 0 radical (unpaired) electrons. The Hall–Kier alpha value is -2.74. The van der Waals surface area contributed by atoms with Crippen LogP contribution in [-0.4, -0.2) is 20.8 Å². The highest BCUT2D eigenvalue weighted by Gasteiger charge is 2.17. The van der Waals surface area contributed by atoms with E-state index in [1.54, 1.807) is 30.3 Å². The minimum atomic E-state index is -0.687. The summed E-state index contributed by atoms with van der Waals surface area (Å²) in [5.74, 6) is -0.658. The SMILES string of the molecule is O=C(NNc1nc(Cl)ncc1[N+](=O)[O-])c1ccccc1. The summed E-state index contributed by atoms with van der Waals surface area (Å²) in [6.07, 6.45) is 0.951. The van der Waals surface area contributed by atoms with Crippen LogP contribution in [0, 0.1) is 10.1 Å². The van der Waals surface area contributed by atoms with Gasteiger partial charge in [-0.15, -0.1) is 0 Å². The Morgan fingerprint density at radius 3 is 2.65 bits per heavy atom. The molecular formula is C11H8ClN5O3. The van der Waals surface area contributed by atoms with Crippen molar-refractivity contribution in [1.29, 1.82) is 0 Å². The van der Waals surface area contributed by atoms with Gasteiger partial charge >= 0.3 is 5.69 Å². The van der Waals surface area contributed by atoms with Gasteiger partial charge in [-0.2, -0.15) is 4.98 Å². The Morgan fingerprint density at radius 1 is 1.30 bits per heavy atom. The van der Waals surface area contributed by atoms with Crippen molar-refractivity contribution in [2.75, 3.05) is 5.43 Å². The van der Waals surface area contributed by atoms with Gasteiger partial charge < -0.3 is 0 Å². The maximum atomic E-state index is 11.8. The summed E-state index contributed by atoms with van der Waals surface area (Å²) in [6, 6.07) is 8.34. The van der Waals surface area contributed by atoms with Crippen LogP contribution in [0.3, 0.4) is 0 Å².